The molecule has 0 radical (unpaired) electrons. The molecule has 4 aliphatic carbocycles. The van der Waals surface area contributed by atoms with Crippen molar-refractivity contribution in [1.29, 1.82) is 0 Å². The zero-order chi connectivity index (χ0) is 24.4. The molecule has 6 atom stereocenters. The van der Waals surface area contributed by atoms with Gasteiger partial charge in [-0.15, -0.1) is 0 Å². The van der Waals surface area contributed by atoms with E-state index in [0.29, 0.717) is 17.4 Å². The standard InChI is InChI=1S/C29H29BrN2O3/c1-3-16-12-19(30)13-17(4-2)26(16)31(27(33)18-8-6-5-7-9-18)15-32-28(34)24-20-10-11-21(23-14-22(20)23)25(24)29(32)35/h5-13,20-25H,3-4,14-15H2,1-2H3. The summed E-state index contributed by atoms with van der Waals surface area (Å²) < 4.78 is 0.961. The maximum Gasteiger partial charge on any atom is 0.259 e. The predicted molar refractivity (Wildman–Crippen MR) is 138 cm³/mol. The van der Waals surface area contributed by atoms with Crippen molar-refractivity contribution in [2.24, 2.45) is 35.5 Å². The van der Waals surface area contributed by atoms with E-state index in [1.54, 1.807) is 17.0 Å². The highest BCUT2D eigenvalue weighted by Crippen LogP contribution is 2.65. The van der Waals surface area contributed by atoms with Crippen molar-refractivity contribution in [3.05, 3.63) is 75.8 Å². The van der Waals surface area contributed by atoms with Gasteiger partial charge < -0.3 is 0 Å². The van der Waals surface area contributed by atoms with Gasteiger partial charge in [0.2, 0.25) is 11.8 Å². The van der Waals surface area contributed by atoms with Crippen LogP contribution in [0.4, 0.5) is 5.69 Å². The van der Waals surface area contributed by atoms with Crippen molar-refractivity contribution < 1.29 is 14.4 Å². The summed E-state index contributed by atoms with van der Waals surface area (Å²) in [5.41, 5.74) is 3.38. The van der Waals surface area contributed by atoms with Gasteiger partial charge in [0.25, 0.3) is 5.91 Å². The summed E-state index contributed by atoms with van der Waals surface area (Å²) in [5, 5.41) is 0. The number of hydrogen-bond donors (Lipinski definition) is 0. The molecule has 3 amide bonds. The lowest BCUT2D eigenvalue weighted by molar-refractivity contribution is -0.140. The number of benzene rings is 2. The van der Waals surface area contributed by atoms with E-state index in [4.69, 9.17) is 0 Å². The summed E-state index contributed by atoms with van der Waals surface area (Å²) in [5.74, 6) is 0.487. The van der Waals surface area contributed by atoms with Crippen molar-refractivity contribution in [1.82, 2.24) is 4.90 Å². The summed E-state index contributed by atoms with van der Waals surface area (Å²) in [7, 11) is 0. The van der Waals surface area contributed by atoms with Crippen LogP contribution in [-0.2, 0) is 22.4 Å². The van der Waals surface area contributed by atoms with Gasteiger partial charge in [-0.2, -0.15) is 0 Å². The van der Waals surface area contributed by atoms with E-state index in [9.17, 15) is 14.4 Å². The predicted octanol–water partition coefficient (Wildman–Crippen LogP) is 5.23. The van der Waals surface area contributed by atoms with Crippen LogP contribution in [0, 0.1) is 35.5 Å². The first kappa shape index (κ1) is 22.7. The molecule has 3 fully saturated rings. The fourth-order valence-electron chi connectivity index (χ4n) is 6.88. The van der Waals surface area contributed by atoms with Gasteiger partial charge in [0.05, 0.1) is 17.5 Å². The van der Waals surface area contributed by atoms with Gasteiger partial charge in [-0.1, -0.05) is 60.1 Å². The number of carbonyl (C=O) groups excluding carboxylic acids is 3. The normalized spacial score (nSPS) is 29.9. The van der Waals surface area contributed by atoms with Crippen LogP contribution in [0.15, 0.2) is 59.1 Å². The molecule has 35 heavy (non-hydrogen) atoms. The molecule has 6 unspecified atom stereocenters. The van der Waals surface area contributed by atoms with Gasteiger partial charge >= 0.3 is 0 Å². The van der Waals surface area contributed by atoms with Crippen molar-refractivity contribution in [2.45, 2.75) is 33.1 Å². The summed E-state index contributed by atoms with van der Waals surface area (Å²) in [4.78, 5) is 44.4. The van der Waals surface area contributed by atoms with E-state index in [-0.39, 0.29) is 48.1 Å². The zero-order valence-electron chi connectivity index (χ0n) is 20.0. The molecule has 5 aliphatic rings. The molecule has 2 saturated carbocycles. The van der Waals surface area contributed by atoms with Crippen LogP contribution in [-0.4, -0.2) is 29.3 Å². The Balaban J connectivity index is 1.41. The number of anilines is 1. The minimum atomic E-state index is -0.267. The number of halogens is 1. The number of allylic oxidation sites excluding steroid dienone is 2. The summed E-state index contributed by atoms with van der Waals surface area (Å²) in [6.07, 6.45) is 6.95. The van der Waals surface area contributed by atoms with Crippen LogP contribution in [0.5, 0.6) is 0 Å². The van der Waals surface area contributed by atoms with Gasteiger partial charge in [0, 0.05) is 10.0 Å². The number of carbonyl (C=O) groups is 3. The number of hydrogen-bond acceptors (Lipinski definition) is 3. The number of imide groups is 1. The topological polar surface area (TPSA) is 57.7 Å². The Morgan fingerprint density at radius 2 is 1.49 bits per heavy atom. The molecule has 7 rings (SSSR count). The molecule has 0 spiro atoms. The van der Waals surface area contributed by atoms with Crippen LogP contribution in [0.1, 0.15) is 41.8 Å². The van der Waals surface area contributed by atoms with E-state index in [1.807, 2.05) is 30.3 Å². The van der Waals surface area contributed by atoms with Gasteiger partial charge in [0.15, 0.2) is 0 Å². The van der Waals surface area contributed by atoms with E-state index in [1.165, 1.54) is 4.90 Å². The highest BCUT2D eigenvalue weighted by Gasteiger charge is 2.67. The van der Waals surface area contributed by atoms with Crippen molar-refractivity contribution in [2.75, 3.05) is 11.6 Å². The average molecular weight is 533 g/mol. The first-order valence-electron chi connectivity index (χ1n) is 12.7. The van der Waals surface area contributed by atoms with Crippen molar-refractivity contribution in [3.63, 3.8) is 0 Å². The lowest BCUT2D eigenvalue weighted by Gasteiger charge is -2.37. The van der Waals surface area contributed by atoms with Crippen LogP contribution in [0.3, 0.4) is 0 Å². The summed E-state index contributed by atoms with van der Waals surface area (Å²) in [6, 6.07) is 13.2. The van der Waals surface area contributed by atoms with Crippen LogP contribution in [0.2, 0.25) is 0 Å². The Kier molecular flexibility index (Phi) is 5.48. The highest BCUT2D eigenvalue weighted by atomic mass is 79.9. The Morgan fingerprint density at radius 1 is 0.943 bits per heavy atom. The molecular weight excluding hydrogens is 504 g/mol. The Bertz CT molecular complexity index is 1190. The summed E-state index contributed by atoms with van der Waals surface area (Å²) >= 11 is 3.61. The van der Waals surface area contributed by atoms with E-state index < -0.39 is 0 Å². The molecular formula is C29H29BrN2O3. The molecule has 5 nitrogen and oxygen atoms in total. The Hall–Kier alpha value is -2.73. The molecule has 2 aromatic carbocycles. The van der Waals surface area contributed by atoms with Crippen molar-refractivity contribution >= 4 is 39.3 Å². The Labute approximate surface area is 214 Å². The van der Waals surface area contributed by atoms with Gasteiger partial charge in [0.1, 0.15) is 6.67 Å². The number of likely N-dealkylation sites (tertiary alicyclic amines) is 1. The monoisotopic (exact) mass is 532 g/mol. The smallest absolute Gasteiger partial charge is 0.259 e. The third-order valence-electron chi connectivity index (χ3n) is 8.57. The van der Waals surface area contributed by atoms with Gasteiger partial charge in [-0.3, -0.25) is 24.2 Å². The molecule has 1 saturated heterocycles. The largest absolute Gasteiger partial charge is 0.289 e. The van der Waals surface area contributed by atoms with Crippen molar-refractivity contribution in [3.8, 4) is 0 Å². The first-order chi connectivity index (χ1) is 16.9. The SMILES string of the molecule is CCc1cc(Br)cc(CC)c1N(CN1C(=O)C2C3C=CC(C4CC34)C2C1=O)C(=O)c1ccccc1. The third kappa shape index (κ3) is 3.44. The Morgan fingerprint density at radius 3 is 2.00 bits per heavy atom. The lowest BCUT2D eigenvalue weighted by atomic mass is 9.63. The van der Waals surface area contributed by atoms with Gasteiger partial charge in [-0.05, 0) is 78.3 Å². The van der Waals surface area contributed by atoms with E-state index in [0.717, 1.165) is 40.5 Å². The average Bonchev–Trinajstić information content (AvgIpc) is 3.67. The third-order valence-corrected chi connectivity index (χ3v) is 9.02. The zero-order valence-corrected chi connectivity index (χ0v) is 21.6. The lowest BCUT2D eigenvalue weighted by Crippen LogP contribution is -2.46. The molecule has 0 aromatic heterocycles. The quantitative estimate of drug-likeness (QED) is 0.378. The number of rotatable bonds is 6. The van der Waals surface area contributed by atoms with Gasteiger partial charge in [-0.25, -0.2) is 0 Å². The molecule has 1 heterocycles. The number of nitrogens with zero attached hydrogens (tertiary/aromatic N) is 2. The van der Waals surface area contributed by atoms with Crippen LogP contribution in [0.25, 0.3) is 0 Å². The summed E-state index contributed by atoms with van der Waals surface area (Å²) in [6.45, 7) is 4.08. The minimum Gasteiger partial charge on any atom is -0.289 e. The second-order valence-corrected chi connectivity index (χ2v) is 11.2. The molecule has 1 aliphatic heterocycles. The molecule has 6 heteroatoms. The number of amides is 3. The van der Waals surface area contributed by atoms with E-state index >= 15 is 0 Å². The van der Waals surface area contributed by atoms with Crippen LogP contribution < -0.4 is 4.90 Å². The molecule has 2 bridgehead atoms. The highest BCUT2D eigenvalue weighted by molar-refractivity contribution is 9.10. The maximum absolute atomic E-state index is 13.9. The van der Waals surface area contributed by atoms with Crippen LogP contribution >= 0.6 is 15.9 Å². The first-order valence-corrected chi connectivity index (χ1v) is 13.5. The molecule has 0 N–H and O–H groups in total. The fraction of sp³-hybridized carbons (Fsp3) is 0.414. The molecule has 2 aromatic rings. The minimum absolute atomic E-state index is 0.0468. The maximum atomic E-state index is 13.9. The second kappa shape index (κ2) is 8.44. The number of aryl methyl sites for hydroxylation is 2. The second-order valence-electron chi connectivity index (χ2n) is 10.3. The van der Waals surface area contributed by atoms with E-state index in [2.05, 4.69) is 41.9 Å². The fourth-order valence-corrected chi connectivity index (χ4v) is 7.43. The molecule has 180 valence electrons.